The Morgan fingerprint density at radius 3 is 2.64 bits per heavy atom. The van der Waals surface area contributed by atoms with Crippen LogP contribution in [0.3, 0.4) is 0 Å². The molecule has 0 aliphatic rings. The molecule has 0 atom stereocenters. The van der Waals surface area contributed by atoms with Crippen molar-refractivity contribution in [3.05, 3.63) is 52.6 Å². The van der Waals surface area contributed by atoms with Gasteiger partial charge in [-0.05, 0) is 35.0 Å². The van der Waals surface area contributed by atoms with Gasteiger partial charge in [-0.3, -0.25) is 0 Å². The van der Waals surface area contributed by atoms with Crippen LogP contribution in [-0.4, -0.2) is 16.5 Å². The molecule has 1 N–H and O–H groups in total. The van der Waals surface area contributed by atoms with Gasteiger partial charge in [0.05, 0.1) is 33.6 Å². The molecule has 22 heavy (non-hydrogen) atoms. The minimum Gasteiger partial charge on any atom is -0.373 e. The van der Waals surface area contributed by atoms with Crippen LogP contribution in [0.25, 0.3) is 22.3 Å². The van der Waals surface area contributed by atoms with Crippen LogP contribution >= 0.6 is 15.9 Å². The smallest absolute Gasteiger partial charge is 0.106 e. The maximum atomic E-state index is 5.30. The fourth-order valence-electron chi connectivity index (χ4n) is 2.33. The summed E-state index contributed by atoms with van der Waals surface area (Å²) in [6.07, 6.45) is 5.30. The van der Waals surface area contributed by atoms with E-state index in [-0.39, 0.29) is 0 Å². The van der Waals surface area contributed by atoms with Crippen molar-refractivity contribution in [1.82, 2.24) is 9.97 Å². The lowest BCUT2D eigenvalue weighted by atomic mass is 10.1. The van der Waals surface area contributed by atoms with E-state index in [4.69, 9.17) is 11.4 Å². The summed E-state index contributed by atoms with van der Waals surface area (Å²) in [7, 11) is 0. The van der Waals surface area contributed by atoms with Crippen molar-refractivity contribution < 1.29 is 0 Å². The number of halogens is 1. The zero-order chi connectivity index (χ0) is 15.5. The normalized spacial score (nSPS) is 10.4. The molecule has 4 heteroatoms. The molecule has 3 nitrogen and oxygen atoms in total. The van der Waals surface area contributed by atoms with Crippen LogP contribution in [0.15, 0.2) is 46.9 Å². The Morgan fingerprint density at radius 2 is 1.91 bits per heavy atom. The van der Waals surface area contributed by atoms with Gasteiger partial charge in [0.15, 0.2) is 0 Å². The Bertz CT molecular complexity index is 867. The third-order valence-corrected chi connectivity index (χ3v) is 4.18. The van der Waals surface area contributed by atoms with E-state index in [2.05, 4.69) is 32.2 Å². The van der Waals surface area contributed by atoms with Crippen molar-refractivity contribution in [3.63, 3.8) is 0 Å². The highest BCUT2D eigenvalue weighted by atomic mass is 79.9. The lowest BCUT2D eigenvalue weighted by molar-refractivity contribution is 1.18. The van der Waals surface area contributed by atoms with Crippen molar-refractivity contribution >= 4 is 32.7 Å². The predicted octanol–water partition coefficient (Wildman–Crippen LogP) is 4.41. The highest BCUT2D eigenvalue weighted by Gasteiger charge is 2.12. The average Bonchev–Trinajstić information content (AvgIpc) is 2.55. The highest BCUT2D eigenvalue weighted by molar-refractivity contribution is 9.10. The Morgan fingerprint density at radius 1 is 1.14 bits per heavy atom. The first-order chi connectivity index (χ1) is 10.7. The fourth-order valence-corrected chi connectivity index (χ4v) is 2.89. The summed E-state index contributed by atoms with van der Waals surface area (Å²) in [6.45, 7) is 2.45. The molecule has 1 aromatic heterocycles. The van der Waals surface area contributed by atoms with Gasteiger partial charge in [0.25, 0.3) is 0 Å². The number of terminal acetylenes is 1. The van der Waals surface area contributed by atoms with Crippen molar-refractivity contribution in [1.29, 1.82) is 0 Å². The molecular formula is C18H14BrN3. The summed E-state index contributed by atoms with van der Waals surface area (Å²) >= 11 is 3.61. The van der Waals surface area contributed by atoms with Crippen molar-refractivity contribution in [3.8, 4) is 23.6 Å². The van der Waals surface area contributed by atoms with Gasteiger partial charge in [-0.1, -0.05) is 36.3 Å². The first-order valence-corrected chi connectivity index (χ1v) is 7.69. The minimum absolute atomic E-state index is 0.467. The van der Waals surface area contributed by atoms with Gasteiger partial charge in [0.2, 0.25) is 0 Å². The first kappa shape index (κ1) is 14.6. The maximum Gasteiger partial charge on any atom is 0.106 e. The number of anilines is 1. The van der Waals surface area contributed by atoms with Gasteiger partial charge in [-0.25, -0.2) is 9.97 Å². The average molecular weight is 352 g/mol. The molecule has 0 unspecified atom stereocenters. The molecule has 0 radical (unpaired) electrons. The van der Waals surface area contributed by atoms with Gasteiger partial charge < -0.3 is 5.32 Å². The fraction of sp³-hybridized carbons (Fsp3) is 0.111. The molecule has 0 saturated carbocycles. The number of fused-ring (bicyclic) bond motifs is 1. The van der Waals surface area contributed by atoms with E-state index in [1.807, 2.05) is 49.4 Å². The molecule has 0 amide bonds. The van der Waals surface area contributed by atoms with E-state index in [1.165, 1.54) is 0 Å². The molecule has 2 aromatic carbocycles. The quantitative estimate of drug-likeness (QED) is 0.710. The Labute approximate surface area is 137 Å². The second-order valence-electron chi connectivity index (χ2n) is 4.88. The Hall–Kier alpha value is -2.38. The number of nitrogens with one attached hydrogen (secondary N) is 1. The molecular weight excluding hydrogens is 338 g/mol. The van der Waals surface area contributed by atoms with Gasteiger partial charge in [0, 0.05) is 5.56 Å². The zero-order valence-electron chi connectivity index (χ0n) is 12.1. The van der Waals surface area contributed by atoms with E-state index in [0.717, 1.165) is 38.1 Å². The van der Waals surface area contributed by atoms with Crippen LogP contribution in [0.1, 0.15) is 5.69 Å². The second kappa shape index (κ2) is 6.17. The molecule has 3 rings (SSSR count). The van der Waals surface area contributed by atoms with E-state index in [9.17, 15) is 0 Å². The monoisotopic (exact) mass is 351 g/mol. The van der Waals surface area contributed by atoms with Crippen molar-refractivity contribution in [2.24, 2.45) is 0 Å². The van der Waals surface area contributed by atoms with E-state index in [0.29, 0.717) is 6.54 Å². The van der Waals surface area contributed by atoms with Crippen molar-refractivity contribution in [2.45, 2.75) is 6.92 Å². The maximum absolute atomic E-state index is 5.30. The van der Waals surface area contributed by atoms with Crippen LogP contribution in [0.2, 0.25) is 0 Å². The molecule has 0 fully saturated rings. The summed E-state index contributed by atoms with van der Waals surface area (Å²) in [5.74, 6) is 2.57. The predicted molar refractivity (Wildman–Crippen MR) is 94.7 cm³/mol. The van der Waals surface area contributed by atoms with Crippen LogP contribution < -0.4 is 5.32 Å². The molecule has 3 aromatic rings. The van der Waals surface area contributed by atoms with Crippen LogP contribution in [0.5, 0.6) is 0 Å². The number of hydrogen-bond acceptors (Lipinski definition) is 3. The number of aryl methyl sites for hydroxylation is 1. The van der Waals surface area contributed by atoms with E-state index < -0.39 is 0 Å². The summed E-state index contributed by atoms with van der Waals surface area (Å²) in [5.41, 5.74) is 5.46. The molecule has 1 heterocycles. The number of rotatable bonds is 3. The number of benzene rings is 2. The largest absolute Gasteiger partial charge is 0.373 e. The SMILES string of the molecule is C#CCNc1ccc2nc(C)c(-c3ccccc3)nc2c1Br. The number of hydrogen-bond donors (Lipinski definition) is 1. The van der Waals surface area contributed by atoms with Gasteiger partial charge in [-0.15, -0.1) is 6.42 Å². The molecule has 108 valence electrons. The minimum atomic E-state index is 0.467. The summed E-state index contributed by atoms with van der Waals surface area (Å²) in [5, 5.41) is 3.18. The number of aromatic nitrogens is 2. The van der Waals surface area contributed by atoms with E-state index >= 15 is 0 Å². The molecule has 0 aliphatic carbocycles. The second-order valence-corrected chi connectivity index (χ2v) is 5.67. The van der Waals surface area contributed by atoms with Gasteiger partial charge >= 0.3 is 0 Å². The first-order valence-electron chi connectivity index (χ1n) is 6.90. The third kappa shape index (κ3) is 2.68. The summed E-state index contributed by atoms with van der Waals surface area (Å²) in [6, 6.07) is 14.0. The van der Waals surface area contributed by atoms with Gasteiger partial charge in [0.1, 0.15) is 5.52 Å². The summed E-state index contributed by atoms with van der Waals surface area (Å²) in [4.78, 5) is 9.49. The van der Waals surface area contributed by atoms with Crippen LogP contribution in [0.4, 0.5) is 5.69 Å². The van der Waals surface area contributed by atoms with Crippen LogP contribution in [0, 0.1) is 19.3 Å². The third-order valence-electron chi connectivity index (χ3n) is 3.38. The Balaban J connectivity index is 2.18. The molecule has 0 saturated heterocycles. The topological polar surface area (TPSA) is 37.8 Å². The summed E-state index contributed by atoms with van der Waals surface area (Å²) < 4.78 is 0.880. The molecule has 0 spiro atoms. The highest BCUT2D eigenvalue weighted by Crippen LogP contribution is 2.32. The lowest BCUT2D eigenvalue weighted by Gasteiger charge is -2.11. The van der Waals surface area contributed by atoms with Gasteiger partial charge in [-0.2, -0.15) is 0 Å². The Kier molecular flexibility index (Phi) is 4.08. The lowest BCUT2D eigenvalue weighted by Crippen LogP contribution is -2.01. The molecule has 0 bridgehead atoms. The van der Waals surface area contributed by atoms with Crippen LogP contribution in [-0.2, 0) is 0 Å². The molecule has 0 aliphatic heterocycles. The standard InChI is InChI=1S/C18H14BrN3/c1-3-11-20-14-9-10-15-18(16(14)19)22-17(12(2)21-15)13-7-5-4-6-8-13/h1,4-10,20H,11H2,2H3. The number of nitrogens with zero attached hydrogens (tertiary/aromatic N) is 2. The van der Waals surface area contributed by atoms with E-state index in [1.54, 1.807) is 0 Å². The zero-order valence-corrected chi connectivity index (χ0v) is 13.7. The van der Waals surface area contributed by atoms with Crippen molar-refractivity contribution in [2.75, 3.05) is 11.9 Å².